The highest BCUT2D eigenvalue weighted by molar-refractivity contribution is 6.30. The van der Waals surface area contributed by atoms with Crippen molar-refractivity contribution < 1.29 is 9.32 Å². The zero-order valence-electron chi connectivity index (χ0n) is 13.8. The van der Waals surface area contributed by atoms with Gasteiger partial charge in [0.2, 0.25) is 5.76 Å². The van der Waals surface area contributed by atoms with Crippen LogP contribution in [0, 0.1) is 11.8 Å². The molecular formula is C18H21Cl2N3O2. The average Bonchev–Trinajstić information content (AvgIpc) is 3.20. The van der Waals surface area contributed by atoms with E-state index in [0.717, 1.165) is 44.6 Å². The summed E-state index contributed by atoms with van der Waals surface area (Å²) < 4.78 is 5.31. The molecule has 0 saturated carbocycles. The Morgan fingerprint density at radius 3 is 2.60 bits per heavy atom. The van der Waals surface area contributed by atoms with E-state index in [1.165, 1.54) is 0 Å². The van der Waals surface area contributed by atoms with E-state index in [-0.39, 0.29) is 18.3 Å². The van der Waals surface area contributed by atoms with Gasteiger partial charge in [-0.1, -0.05) is 28.9 Å². The summed E-state index contributed by atoms with van der Waals surface area (Å²) in [5.41, 5.74) is 1.48. The van der Waals surface area contributed by atoms with Crippen LogP contribution in [0.1, 0.15) is 23.4 Å². The molecule has 1 N–H and O–H groups in total. The highest BCUT2D eigenvalue weighted by atomic mass is 35.5. The zero-order valence-corrected chi connectivity index (χ0v) is 15.4. The van der Waals surface area contributed by atoms with Crippen LogP contribution in [0.4, 0.5) is 0 Å². The molecular weight excluding hydrogens is 361 g/mol. The van der Waals surface area contributed by atoms with Gasteiger partial charge in [-0.05, 0) is 49.9 Å². The van der Waals surface area contributed by atoms with Crippen molar-refractivity contribution >= 4 is 29.9 Å². The van der Waals surface area contributed by atoms with Crippen molar-refractivity contribution in [3.63, 3.8) is 0 Å². The number of carbonyl (C=O) groups is 1. The van der Waals surface area contributed by atoms with Gasteiger partial charge in [-0.25, -0.2) is 0 Å². The van der Waals surface area contributed by atoms with Crippen LogP contribution >= 0.6 is 24.0 Å². The first kappa shape index (κ1) is 18.2. The molecule has 3 heterocycles. The molecule has 0 bridgehead atoms. The molecule has 0 spiro atoms. The lowest BCUT2D eigenvalue weighted by atomic mass is 9.92. The third-order valence-electron chi connectivity index (χ3n) is 5.15. The van der Waals surface area contributed by atoms with Gasteiger partial charge < -0.3 is 14.7 Å². The van der Waals surface area contributed by atoms with Crippen LogP contribution in [-0.2, 0) is 0 Å². The number of likely N-dealkylation sites (tertiary alicyclic amines) is 1. The molecule has 2 saturated heterocycles. The van der Waals surface area contributed by atoms with Crippen molar-refractivity contribution in [3.8, 4) is 11.3 Å². The summed E-state index contributed by atoms with van der Waals surface area (Å²) in [5.74, 6) is 1.62. The first-order chi connectivity index (χ1) is 11.7. The zero-order chi connectivity index (χ0) is 16.5. The van der Waals surface area contributed by atoms with Gasteiger partial charge in [0.05, 0.1) is 0 Å². The molecule has 2 aliphatic rings. The lowest BCUT2D eigenvalue weighted by Crippen LogP contribution is -2.32. The smallest absolute Gasteiger partial charge is 0.292 e. The Bertz CT molecular complexity index is 735. The second-order valence-electron chi connectivity index (χ2n) is 6.63. The number of hydrogen-bond donors (Lipinski definition) is 1. The third kappa shape index (κ3) is 3.84. The molecule has 4 rings (SSSR count). The van der Waals surface area contributed by atoms with Crippen molar-refractivity contribution in [2.45, 2.75) is 12.8 Å². The van der Waals surface area contributed by atoms with Crippen LogP contribution in [0.25, 0.3) is 11.3 Å². The molecule has 5 nitrogen and oxygen atoms in total. The van der Waals surface area contributed by atoms with Crippen molar-refractivity contribution in [1.29, 1.82) is 0 Å². The quantitative estimate of drug-likeness (QED) is 0.864. The van der Waals surface area contributed by atoms with Crippen molar-refractivity contribution in [1.82, 2.24) is 15.4 Å². The topological polar surface area (TPSA) is 58.4 Å². The molecule has 0 aliphatic carbocycles. The van der Waals surface area contributed by atoms with E-state index in [1.807, 2.05) is 23.1 Å². The maximum Gasteiger partial charge on any atom is 0.292 e. The van der Waals surface area contributed by atoms with Crippen LogP contribution < -0.4 is 5.32 Å². The number of amides is 1. The number of rotatable bonds is 2. The monoisotopic (exact) mass is 381 g/mol. The van der Waals surface area contributed by atoms with Gasteiger partial charge in [0.1, 0.15) is 5.69 Å². The van der Waals surface area contributed by atoms with E-state index < -0.39 is 0 Å². The lowest BCUT2D eigenvalue weighted by molar-refractivity contribution is 0.0716. The van der Waals surface area contributed by atoms with Gasteiger partial charge in [0, 0.05) is 29.7 Å². The van der Waals surface area contributed by atoms with Gasteiger partial charge in [-0.15, -0.1) is 12.4 Å². The van der Waals surface area contributed by atoms with Gasteiger partial charge in [-0.3, -0.25) is 4.79 Å². The fourth-order valence-electron chi connectivity index (χ4n) is 3.74. The Labute approximate surface area is 158 Å². The number of fused-ring (bicyclic) bond motifs is 1. The number of halogens is 2. The normalized spacial score (nSPS) is 22.8. The molecule has 2 fully saturated rings. The summed E-state index contributed by atoms with van der Waals surface area (Å²) in [6, 6.07) is 9.09. The predicted octanol–water partition coefficient (Wildman–Crippen LogP) is 3.49. The molecule has 2 aliphatic heterocycles. The SMILES string of the molecule is Cl.O=C(c1cc(-c2cccc(Cl)c2)no1)N1CC[C@@H]2CNC[C@@H]2CC1. The third-order valence-corrected chi connectivity index (χ3v) is 5.38. The molecule has 25 heavy (non-hydrogen) atoms. The van der Waals surface area contributed by atoms with Crippen LogP contribution in [0.3, 0.4) is 0 Å². The van der Waals surface area contributed by atoms with E-state index in [9.17, 15) is 4.79 Å². The Balaban J connectivity index is 0.00000182. The van der Waals surface area contributed by atoms with E-state index in [2.05, 4.69) is 10.5 Å². The van der Waals surface area contributed by atoms with E-state index in [4.69, 9.17) is 16.1 Å². The molecule has 0 radical (unpaired) electrons. The minimum Gasteiger partial charge on any atom is -0.350 e. The fourth-order valence-corrected chi connectivity index (χ4v) is 3.93. The number of aromatic nitrogens is 1. The Hall–Kier alpha value is -1.56. The highest BCUT2D eigenvalue weighted by Gasteiger charge is 2.32. The molecule has 134 valence electrons. The maximum atomic E-state index is 12.7. The van der Waals surface area contributed by atoms with Gasteiger partial charge in [-0.2, -0.15) is 0 Å². The van der Waals surface area contributed by atoms with Crippen molar-refractivity contribution in [2.75, 3.05) is 26.2 Å². The van der Waals surface area contributed by atoms with E-state index >= 15 is 0 Å². The first-order valence-electron chi connectivity index (χ1n) is 8.43. The largest absolute Gasteiger partial charge is 0.350 e. The summed E-state index contributed by atoms with van der Waals surface area (Å²) in [6.07, 6.45) is 2.11. The van der Waals surface area contributed by atoms with Crippen molar-refractivity contribution in [3.05, 3.63) is 41.1 Å². The predicted molar refractivity (Wildman–Crippen MR) is 99.2 cm³/mol. The first-order valence-corrected chi connectivity index (χ1v) is 8.81. The second-order valence-corrected chi connectivity index (χ2v) is 7.07. The second kappa shape index (κ2) is 7.77. The van der Waals surface area contributed by atoms with Gasteiger partial charge in [0.25, 0.3) is 5.91 Å². The average molecular weight is 382 g/mol. The molecule has 1 aromatic carbocycles. The number of hydrogen-bond acceptors (Lipinski definition) is 4. The summed E-state index contributed by atoms with van der Waals surface area (Å²) in [4.78, 5) is 14.6. The molecule has 1 amide bonds. The van der Waals surface area contributed by atoms with Gasteiger partial charge >= 0.3 is 0 Å². The number of nitrogens with one attached hydrogen (secondary N) is 1. The number of carbonyl (C=O) groups excluding carboxylic acids is 1. The molecule has 2 aromatic rings. The molecule has 2 atom stereocenters. The van der Waals surface area contributed by atoms with Gasteiger partial charge in [0.15, 0.2) is 0 Å². The summed E-state index contributed by atoms with van der Waals surface area (Å²) in [5, 5.41) is 8.12. The number of nitrogens with zero attached hydrogens (tertiary/aromatic N) is 2. The summed E-state index contributed by atoms with van der Waals surface area (Å²) in [6.45, 7) is 3.73. The molecule has 7 heteroatoms. The Morgan fingerprint density at radius 1 is 1.20 bits per heavy atom. The van der Waals surface area contributed by atoms with E-state index in [0.29, 0.717) is 28.3 Å². The number of benzene rings is 1. The molecule has 1 aromatic heterocycles. The summed E-state index contributed by atoms with van der Waals surface area (Å²) in [7, 11) is 0. The Morgan fingerprint density at radius 2 is 1.92 bits per heavy atom. The van der Waals surface area contributed by atoms with Crippen LogP contribution in [0.15, 0.2) is 34.9 Å². The van der Waals surface area contributed by atoms with Crippen LogP contribution in [-0.4, -0.2) is 42.1 Å². The van der Waals surface area contributed by atoms with Crippen molar-refractivity contribution in [2.24, 2.45) is 11.8 Å². The van der Waals surface area contributed by atoms with Crippen LogP contribution in [0.5, 0.6) is 0 Å². The molecule has 0 unspecified atom stereocenters. The van der Waals surface area contributed by atoms with Crippen LogP contribution in [0.2, 0.25) is 5.02 Å². The highest BCUT2D eigenvalue weighted by Crippen LogP contribution is 2.28. The lowest BCUT2D eigenvalue weighted by Gasteiger charge is -2.19. The standard InChI is InChI=1S/C18H20ClN3O2.ClH/c19-15-3-1-2-12(8-15)16-9-17(24-21-16)18(23)22-6-4-13-10-20-11-14(13)5-7-22;/h1-3,8-9,13-14,20H,4-7,10-11H2;1H/t13-,14+;. The minimum atomic E-state index is -0.0660. The minimum absolute atomic E-state index is 0. The Kier molecular flexibility index (Phi) is 5.67. The fraction of sp³-hybridized carbons (Fsp3) is 0.444. The summed E-state index contributed by atoms with van der Waals surface area (Å²) >= 11 is 6.01. The van der Waals surface area contributed by atoms with E-state index in [1.54, 1.807) is 12.1 Å². The maximum absolute atomic E-state index is 12.7.